The molecule has 2 aromatic rings. The SMILES string of the molecule is Cc1cc(OC2CCN(C(=O)Nc3ccccc3C)CC2)nc(C)n1. The summed E-state index contributed by atoms with van der Waals surface area (Å²) in [5.41, 5.74) is 2.82. The van der Waals surface area contributed by atoms with E-state index in [0.29, 0.717) is 24.8 Å². The molecule has 1 fully saturated rings. The minimum absolute atomic E-state index is 0.0542. The molecule has 0 aliphatic carbocycles. The van der Waals surface area contributed by atoms with Crippen LogP contribution < -0.4 is 10.1 Å². The van der Waals surface area contributed by atoms with Crippen molar-refractivity contribution >= 4 is 11.7 Å². The van der Waals surface area contributed by atoms with Crippen molar-refractivity contribution < 1.29 is 9.53 Å². The lowest BCUT2D eigenvalue weighted by Gasteiger charge is -2.32. The average molecular weight is 340 g/mol. The largest absolute Gasteiger partial charge is 0.474 e. The minimum atomic E-state index is -0.0542. The van der Waals surface area contributed by atoms with Crippen molar-refractivity contribution in [3.05, 3.63) is 47.4 Å². The third-order valence-electron chi connectivity index (χ3n) is 4.35. The van der Waals surface area contributed by atoms with Crippen LogP contribution in [0.5, 0.6) is 5.88 Å². The van der Waals surface area contributed by atoms with Gasteiger partial charge in [-0.25, -0.2) is 9.78 Å². The lowest BCUT2D eigenvalue weighted by molar-refractivity contribution is 0.111. The summed E-state index contributed by atoms with van der Waals surface area (Å²) in [5, 5.41) is 2.98. The monoisotopic (exact) mass is 340 g/mol. The van der Waals surface area contributed by atoms with Gasteiger partial charge in [-0.15, -0.1) is 0 Å². The molecule has 0 saturated carbocycles. The third kappa shape index (κ3) is 4.47. The number of nitrogens with one attached hydrogen (secondary N) is 1. The first-order valence-electron chi connectivity index (χ1n) is 8.62. The standard InChI is InChI=1S/C19H24N4O2/c1-13-6-4-5-7-17(13)22-19(24)23-10-8-16(9-11-23)25-18-12-14(2)20-15(3)21-18/h4-7,12,16H,8-11H2,1-3H3,(H,22,24). The van der Waals surface area contributed by atoms with Gasteiger partial charge in [0.15, 0.2) is 0 Å². The molecular weight excluding hydrogens is 316 g/mol. The van der Waals surface area contributed by atoms with Crippen molar-refractivity contribution in [2.75, 3.05) is 18.4 Å². The Labute approximate surface area is 148 Å². The van der Waals surface area contributed by atoms with Gasteiger partial charge in [0.05, 0.1) is 0 Å². The van der Waals surface area contributed by atoms with Gasteiger partial charge in [-0.2, -0.15) is 4.98 Å². The van der Waals surface area contributed by atoms with Crippen LogP contribution in [0.25, 0.3) is 0 Å². The van der Waals surface area contributed by atoms with E-state index in [-0.39, 0.29) is 12.1 Å². The third-order valence-corrected chi connectivity index (χ3v) is 4.35. The van der Waals surface area contributed by atoms with Gasteiger partial charge in [-0.3, -0.25) is 0 Å². The van der Waals surface area contributed by atoms with E-state index in [2.05, 4.69) is 15.3 Å². The Kier molecular flexibility index (Phi) is 5.16. The number of benzene rings is 1. The number of urea groups is 1. The van der Waals surface area contributed by atoms with Crippen LogP contribution in [0.3, 0.4) is 0 Å². The topological polar surface area (TPSA) is 67.3 Å². The van der Waals surface area contributed by atoms with Gasteiger partial charge in [-0.05, 0) is 32.4 Å². The second-order valence-electron chi connectivity index (χ2n) is 6.44. The second kappa shape index (κ2) is 7.51. The van der Waals surface area contributed by atoms with Crippen LogP contribution in [0, 0.1) is 20.8 Å². The lowest BCUT2D eigenvalue weighted by Crippen LogP contribution is -2.43. The summed E-state index contributed by atoms with van der Waals surface area (Å²) < 4.78 is 5.97. The number of amides is 2. The Morgan fingerprint density at radius 1 is 1.16 bits per heavy atom. The maximum atomic E-state index is 12.4. The van der Waals surface area contributed by atoms with Gasteiger partial charge in [-0.1, -0.05) is 18.2 Å². The molecule has 2 heterocycles. The summed E-state index contributed by atoms with van der Waals surface area (Å²) in [6.07, 6.45) is 1.67. The first-order chi connectivity index (χ1) is 12.0. The van der Waals surface area contributed by atoms with Crippen LogP contribution in [-0.2, 0) is 0 Å². The molecule has 1 aliphatic rings. The number of carbonyl (C=O) groups is 1. The molecule has 1 saturated heterocycles. The van der Waals surface area contributed by atoms with Crippen LogP contribution in [0.15, 0.2) is 30.3 Å². The van der Waals surface area contributed by atoms with E-state index in [4.69, 9.17) is 4.74 Å². The lowest BCUT2D eigenvalue weighted by atomic mass is 10.1. The fourth-order valence-electron chi connectivity index (χ4n) is 3.00. The van der Waals surface area contributed by atoms with Crippen LogP contribution in [-0.4, -0.2) is 40.1 Å². The van der Waals surface area contributed by atoms with E-state index in [9.17, 15) is 4.79 Å². The number of rotatable bonds is 3. The number of carbonyl (C=O) groups excluding carboxylic acids is 1. The van der Waals surface area contributed by atoms with Crippen molar-refractivity contribution in [3.8, 4) is 5.88 Å². The Morgan fingerprint density at radius 3 is 2.56 bits per heavy atom. The number of hydrogen-bond acceptors (Lipinski definition) is 4. The smallest absolute Gasteiger partial charge is 0.321 e. The molecule has 25 heavy (non-hydrogen) atoms. The number of para-hydroxylation sites is 1. The highest BCUT2D eigenvalue weighted by Crippen LogP contribution is 2.20. The molecule has 1 aliphatic heterocycles. The van der Waals surface area contributed by atoms with E-state index < -0.39 is 0 Å². The summed E-state index contributed by atoms with van der Waals surface area (Å²) >= 11 is 0. The first kappa shape index (κ1) is 17.2. The molecule has 0 bridgehead atoms. The predicted octanol–water partition coefficient (Wildman–Crippen LogP) is 3.48. The normalized spacial score (nSPS) is 15.1. The number of anilines is 1. The van der Waals surface area contributed by atoms with Crippen LogP contribution in [0.2, 0.25) is 0 Å². The van der Waals surface area contributed by atoms with Crippen molar-refractivity contribution in [2.24, 2.45) is 0 Å². The van der Waals surface area contributed by atoms with Gasteiger partial charge >= 0.3 is 6.03 Å². The Morgan fingerprint density at radius 2 is 1.88 bits per heavy atom. The molecule has 2 amide bonds. The maximum Gasteiger partial charge on any atom is 0.321 e. The van der Waals surface area contributed by atoms with Gasteiger partial charge in [0, 0.05) is 43.4 Å². The number of aromatic nitrogens is 2. The van der Waals surface area contributed by atoms with Crippen LogP contribution in [0.4, 0.5) is 10.5 Å². The van der Waals surface area contributed by atoms with Crippen LogP contribution in [0.1, 0.15) is 29.9 Å². The van der Waals surface area contributed by atoms with E-state index in [1.165, 1.54) is 0 Å². The summed E-state index contributed by atoms with van der Waals surface area (Å²) in [6.45, 7) is 7.12. The predicted molar refractivity (Wildman–Crippen MR) is 96.9 cm³/mol. The molecule has 0 spiro atoms. The maximum absolute atomic E-state index is 12.4. The highest BCUT2D eigenvalue weighted by atomic mass is 16.5. The van der Waals surface area contributed by atoms with Crippen molar-refractivity contribution in [2.45, 2.75) is 39.7 Å². The molecule has 3 rings (SSSR count). The number of ether oxygens (including phenoxy) is 1. The van der Waals surface area contributed by atoms with Crippen molar-refractivity contribution in [1.29, 1.82) is 0 Å². The number of likely N-dealkylation sites (tertiary alicyclic amines) is 1. The molecule has 1 aromatic heterocycles. The van der Waals surface area contributed by atoms with Crippen molar-refractivity contribution in [1.82, 2.24) is 14.9 Å². The number of hydrogen-bond donors (Lipinski definition) is 1. The zero-order valence-corrected chi connectivity index (χ0v) is 15.0. The molecule has 132 valence electrons. The van der Waals surface area contributed by atoms with E-state index >= 15 is 0 Å². The molecule has 6 nitrogen and oxygen atoms in total. The molecule has 0 atom stereocenters. The average Bonchev–Trinajstić information content (AvgIpc) is 2.56. The first-order valence-corrected chi connectivity index (χ1v) is 8.62. The van der Waals surface area contributed by atoms with Gasteiger partial charge in [0.25, 0.3) is 0 Å². The molecule has 6 heteroatoms. The van der Waals surface area contributed by atoms with E-state index in [0.717, 1.165) is 29.8 Å². The Bertz CT molecular complexity index is 735. The van der Waals surface area contributed by atoms with Crippen LogP contribution >= 0.6 is 0 Å². The summed E-state index contributed by atoms with van der Waals surface area (Å²) in [7, 11) is 0. The van der Waals surface area contributed by atoms with E-state index in [1.807, 2.05) is 56.0 Å². The molecule has 1 aromatic carbocycles. The highest BCUT2D eigenvalue weighted by Gasteiger charge is 2.24. The summed E-state index contributed by atoms with van der Waals surface area (Å²) in [5.74, 6) is 1.33. The molecular formula is C19H24N4O2. The Balaban J connectivity index is 1.53. The van der Waals surface area contributed by atoms with E-state index in [1.54, 1.807) is 0 Å². The van der Waals surface area contributed by atoms with Gasteiger partial charge < -0.3 is 15.0 Å². The zero-order valence-electron chi connectivity index (χ0n) is 15.0. The molecule has 0 unspecified atom stereocenters. The summed E-state index contributed by atoms with van der Waals surface area (Å²) in [4.78, 5) is 22.8. The second-order valence-corrected chi connectivity index (χ2v) is 6.44. The minimum Gasteiger partial charge on any atom is -0.474 e. The summed E-state index contributed by atoms with van der Waals surface area (Å²) in [6, 6.07) is 9.59. The van der Waals surface area contributed by atoms with Crippen molar-refractivity contribution in [3.63, 3.8) is 0 Å². The molecule has 0 radical (unpaired) electrons. The highest BCUT2D eigenvalue weighted by molar-refractivity contribution is 5.90. The number of nitrogens with zero attached hydrogens (tertiary/aromatic N) is 3. The number of piperidine rings is 1. The van der Waals surface area contributed by atoms with Gasteiger partial charge in [0.2, 0.25) is 5.88 Å². The van der Waals surface area contributed by atoms with Gasteiger partial charge in [0.1, 0.15) is 11.9 Å². The molecule has 1 N–H and O–H groups in total. The quantitative estimate of drug-likeness (QED) is 0.929. The number of aryl methyl sites for hydroxylation is 3. The fraction of sp³-hybridized carbons (Fsp3) is 0.421. The Hall–Kier alpha value is -2.63. The fourth-order valence-corrected chi connectivity index (χ4v) is 3.00. The zero-order chi connectivity index (χ0) is 17.8.